The fourth-order valence-electron chi connectivity index (χ4n) is 3.42. The Hall–Kier alpha value is -3.29. The van der Waals surface area contributed by atoms with E-state index in [0.29, 0.717) is 44.5 Å². The molecular formula is C20H21FN6O. The summed E-state index contributed by atoms with van der Waals surface area (Å²) >= 11 is 0. The molecule has 28 heavy (non-hydrogen) atoms. The third-order valence-corrected chi connectivity index (χ3v) is 4.89. The molecule has 0 bridgehead atoms. The third kappa shape index (κ3) is 3.71. The molecule has 1 amide bonds. The van der Waals surface area contributed by atoms with Crippen LogP contribution in [-0.4, -0.2) is 56.7 Å². The van der Waals surface area contributed by atoms with E-state index in [1.54, 1.807) is 25.4 Å². The molecule has 1 saturated heterocycles. The summed E-state index contributed by atoms with van der Waals surface area (Å²) in [5, 5.41) is 8.81. The minimum absolute atomic E-state index is 0.0805. The number of anilines is 1. The van der Waals surface area contributed by atoms with Gasteiger partial charge in [-0.05, 0) is 29.8 Å². The summed E-state index contributed by atoms with van der Waals surface area (Å²) in [6, 6.07) is 10.3. The first kappa shape index (κ1) is 18.1. The van der Waals surface area contributed by atoms with E-state index >= 15 is 0 Å². The highest BCUT2D eigenvalue weighted by atomic mass is 19.1. The van der Waals surface area contributed by atoms with Gasteiger partial charge in [-0.15, -0.1) is 10.2 Å². The quantitative estimate of drug-likeness (QED) is 0.694. The van der Waals surface area contributed by atoms with Gasteiger partial charge >= 0.3 is 0 Å². The SMILES string of the molecule is CC(=O)N1CCN(c2nnc(-c3cccnc3)n2Cc2cccc(F)c2)CC1. The minimum Gasteiger partial charge on any atom is -0.339 e. The lowest BCUT2D eigenvalue weighted by Gasteiger charge is -2.34. The van der Waals surface area contributed by atoms with Crippen LogP contribution in [0.15, 0.2) is 48.8 Å². The van der Waals surface area contributed by atoms with E-state index in [9.17, 15) is 9.18 Å². The van der Waals surface area contributed by atoms with Crippen molar-refractivity contribution in [2.45, 2.75) is 13.5 Å². The zero-order valence-electron chi connectivity index (χ0n) is 15.6. The van der Waals surface area contributed by atoms with Crippen molar-refractivity contribution in [3.05, 3.63) is 60.2 Å². The topological polar surface area (TPSA) is 67.2 Å². The summed E-state index contributed by atoms with van der Waals surface area (Å²) in [5.74, 6) is 1.20. The highest BCUT2D eigenvalue weighted by Gasteiger charge is 2.24. The molecule has 8 heteroatoms. The van der Waals surface area contributed by atoms with Gasteiger partial charge in [-0.3, -0.25) is 14.3 Å². The van der Waals surface area contributed by atoms with E-state index in [1.165, 1.54) is 12.1 Å². The van der Waals surface area contributed by atoms with Crippen LogP contribution in [0, 0.1) is 5.82 Å². The summed E-state index contributed by atoms with van der Waals surface area (Å²) in [6.07, 6.45) is 3.45. The second-order valence-electron chi connectivity index (χ2n) is 6.77. The van der Waals surface area contributed by atoms with Crippen LogP contribution in [0.1, 0.15) is 12.5 Å². The molecule has 144 valence electrons. The maximum Gasteiger partial charge on any atom is 0.227 e. The van der Waals surface area contributed by atoms with E-state index in [-0.39, 0.29) is 11.7 Å². The molecule has 3 aromatic rings. The zero-order valence-corrected chi connectivity index (χ0v) is 15.6. The number of pyridine rings is 1. The highest BCUT2D eigenvalue weighted by Crippen LogP contribution is 2.24. The van der Waals surface area contributed by atoms with Crippen molar-refractivity contribution in [2.24, 2.45) is 0 Å². The number of aromatic nitrogens is 4. The van der Waals surface area contributed by atoms with Gasteiger partial charge < -0.3 is 9.80 Å². The lowest BCUT2D eigenvalue weighted by atomic mass is 10.2. The van der Waals surface area contributed by atoms with Gasteiger partial charge in [0.15, 0.2) is 5.82 Å². The van der Waals surface area contributed by atoms with Crippen molar-refractivity contribution in [1.29, 1.82) is 0 Å². The van der Waals surface area contributed by atoms with Gasteiger partial charge in [0.25, 0.3) is 0 Å². The molecule has 1 aliphatic heterocycles. The molecule has 0 aliphatic carbocycles. The van der Waals surface area contributed by atoms with Crippen molar-refractivity contribution < 1.29 is 9.18 Å². The molecule has 3 heterocycles. The summed E-state index contributed by atoms with van der Waals surface area (Å²) in [6.45, 7) is 4.66. The van der Waals surface area contributed by atoms with Crippen molar-refractivity contribution in [3.8, 4) is 11.4 Å². The molecule has 1 fully saturated rings. The van der Waals surface area contributed by atoms with Gasteiger partial charge in [0.1, 0.15) is 5.82 Å². The lowest BCUT2D eigenvalue weighted by Crippen LogP contribution is -2.48. The van der Waals surface area contributed by atoms with Gasteiger partial charge in [0.2, 0.25) is 11.9 Å². The van der Waals surface area contributed by atoms with Crippen LogP contribution >= 0.6 is 0 Å². The third-order valence-electron chi connectivity index (χ3n) is 4.89. The highest BCUT2D eigenvalue weighted by molar-refractivity contribution is 5.73. The Balaban J connectivity index is 1.68. The minimum atomic E-state index is -0.273. The van der Waals surface area contributed by atoms with E-state index in [0.717, 1.165) is 11.1 Å². The van der Waals surface area contributed by atoms with Crippen LogP contribution in [0.25, 0.3) is 11.4 Å². The summed E-state index contributed by atoms with van der Waals surface area (Å²) < 4.78 is 15.7. The van der Waals surface area contributed by atoms with Gasteiger partial charge in [0, 0.05) is 51.1 Å². The number of carbonyl (C=O) groups excluding carboxylic acids is 1. The first-order valence-corrected chi connectivity index (χ1v) is 9.20. The molecule has 0 unspecified atom stereocenters. The molecule has 0 saturated carbocycles. The number of halogens is 1. The second-order valence-corrected chi connectivity index (χ2v) is 6.77. The summed E-state index contributed by atoms with van der Waals surface area (Å²) in [7, 11) is 0. The first-order valence-electron chi connectivity index (χ1n) is 9.20. The van der Waals surface area contributed by atoms with Crippen LogP contribution in [0.2, 0.25) is 0 Å². The number of carbonyl (C=O) groups is 1. The number of amides is 1. The van der Waals surface area contributed by atoms with E-state index in [4.69, 9.17) is 0 Å². The van der Waals surface area contributed by atoms with Gasteiger partial charge in [-0.2, -0.15) is 0 Å². The van der Waals surface area contributed by atoms with Gasteiger partial charge in [0.05, 0.1) is 6.54 Å². The Morgan fingerprint density at radius 3 is 2.61 bits per heavy atom. The van der Waals surface area contributed by atoms with Crippen LogP contribution in [0.3, 0.4) is 0 Å². The molecule has 4 rings (SSSR count). The van der Waals surface area contributed by atoms with Crippen LogP contribution in [0.4, 0.5) is 10.3 Å². The standard InChI is InChI=1S/C20H21FN6O/c1-15(28)25-8-10-26(11-9-25)20-24-23-19(17-5-3-7-22-13-17)27(20)14-16-4-2-6-18(21)12-16/h2-7,12-13H,8-11,14H2,1H3. The van der Waals surface area contributed by atoms with E-state index < -0.39 is 0 Å². The van der Waals surface area contributed by atoms with Crippen LogP contribution in [0.5, 0.6) is 0 Å². The molecule has 1 aromatic carbocycles. The first-order chi connectivity index (χ1) is 13.6. The largest absolute Gasteiger partial charge is 0.339 e. The number of hydrogen-bond donors (Lipinski definition) is 0. The fourth-order valence-corrected chi connectivity index (χ4v) is 3.42. The van der Waals surface area contributed by atoms with Crippen molar-refractivity contribution in [3.63, 3.8) is 0 Å². The average molecular weight is 380 g/mol. The van der Waals surface area contributed by atoms with Crippen molar-refractivity contribution >= 4 is 11.9 Å². The lowest BCUT2D eigenvalue weighted by molar-refractivity contribution is -0.129. The monoisotopic (exact) mass is 380 g/mol. The number of rotatable bonds is 4. The molecule has 0 spiro atoms. The normalized spacial score (nSPS) is 14.4. The molecule has 7 nitrogen and oxygen atoms in total. The van der Waals surface area contributed by atoms with Crippen molar-refractivity contribution in [2.75, 3.05) is 31.1 Å². The molecule has 2 aromatic heterocycles. The van der Waals surface area contributed by atoms with Crippen LogP contribution < -0.4 is 4.90 Å². The van der Waals surface area contributed by atoms with E-state index in [2.05, 4.69) is 20.1 Å². The second kappa shape index (κ2) is 7.75. The van der Waals surface area contributed by atoms with Gasteiger partial charge in [-0.1, -0.05) is 12.1 Å². The Labute approximate surface area is 162 Å². The predicted molar refractivity (Wildman–Crippen MR) is 103 cm³/mol. The van der Waals surface area contributed by atoms with Gasteiger partial charge in [-0.25, -0.2) is 4.39 Å². The van der Waals surface area contributed by atoms with E-state index in [1.807, 2.05) is 27.7 Å². The number of nitrogens with zero attached hydrogens (tertiary/aromatic N) is 6. The summed E-state index contributed by atoms with van der Waals surface area (Å²) in [4.78, 5) is 19.7. The Morgan fingerprint density at radius 2 is 1.93 bits per heavy atom. The predicted octanol–water partition coefficient (Wildman–Crippen LogP) is 2.20. The molecule has 1 aliphatic rings. The average Bonchev–Trinajstić information content (AvgIpc) is 3.12. The number of benzene rings is 1. The Bertz CT molecular complexity index is 966. The zero-order chi connectivity index (χ0) is 19.5. The maximum atomic E-state index is 13.7. The summed E-state index contributed by atoms with van der Waals surface area (Å²) in [5.41, 5.74) is 1.67. The van der Waals surface area contributed by atoms with Crippen molar-refractivity contribution in [1.82, 2.24) is 24.6 Å². The maximum absolute atomic E-state index is 13.7. The molecular weight excluding hydrogens is 359 g/mol. The molecule has 0 radical (unpaired) electrons. The molecule has 0 atom stereocenters. The Morgan fingerprint density at radius 1 is 1.11 bits per heavy atom. The number of hydrogen-bond acceptors (Lipinski definition) is 5. The number of piperazine rings is 1. The molecule has 0 N–H and O–H groups in total. The fraction of sp³-hybridized carbons (Fsp3) is 0.300. The van der Waals surface area contributed by atoms with Crippen LogP contribution in [-0.2, 0) is 11.3 Å². The Kier molecular flexibility index (Phi) is 5.01. The smallest absolute Gasteiger partial charge is 0.227 e.